The summed E-state index contributed by atoms with van der Waals surface area (Å²) in [7, 11) is 1.34. The van der Waals surface area contributed by atoms with Gasteiger partial charge >= 0.3 is 5.97 Å². The molecule has 7 nitrogen and oxygen atoms in total. The zero-order valence-corrected chi connectivity index (χ0v) is 17.8. The number of thiophene rings is 1. The molecule has 0 bridgehead atoms. The number of nitrogens with zero attached hydrogens (tertiary/aromatic N) is 1. The lowest BCUT2D eigenvalue weighted by atomic mass is 9.72. The van der Waals surface area contributed by atoms with Gasteiger partial charge in [-0.25, -0.2) is 9.79 Å². The highest BCUT2D eigenvalue weighted by Crippen LogP contribution is 2.45. The van der Waals surface area contributed by atoms with Crippen LogP contribution in [0, 0.1) is 16.1 Å². The topological polar surface area (TPSA) is 108 Å². The first kappa shape index (κ1) is 20.5. The van der Waals surface area contributed by atoms with Gasteiger partial charge in [0, 0.05) is 11.1 Å². The van der Waals surface area contributed by atoms with Crippen molar-refractivity contribution in [3.63, 3.8) is 0 Å². The van der Waals surface area contributed by atoms with Crippen molar-refractivity contribution >= 4 is 40.7 Å². The van der Waals surface area contributed by atoms with Crippen LogP contribution in [-0.4, -0.2) is 34.4 Å². The summed E-state index contributed by atoms with van der Waals surface area (Å²) in [5.41, 5.74) is 1.00. The van der Waals surface area contributed by atoms with E-state index < -0.39 is 11.5 Å². The van der Waals surface area contributed by atoms with Crippen molar-refractivity contribution in [1.29, 1.82) is 0 Å². The maximum Gasteiger partial charge on any atom is 0.341 e. The number of aromatic hydroxyl groups is 1. The van der Waals surface area contributed by atoms with E-state index in [1.165, 1.54) is 24.7 Å². The summed E-state index contributed by atoms with van der Waals surface area (Å²) in [6, 6.07) is 0. The zero-order valence-electron chi connectivity index (χ0n) is 16.2. The Hall–Kier alpha value is -2.26. The molecule has 2 heterocycles. The quantitative estimate of drug-likeness (QED) is 0.396. The molecule has 0 unspecified atom stereocenters. The molecule has 3 N–H and O–H groups in total. The molecule has 1 atom stereocenters. The van der Waals surface area contributed by atoms with E-state index >= 15 is 0 Å². The highest BCUT2D eigenvalue weighted by atomic mass is 32.1. The van der Waals surface area contributed by atoms with Crippen molar-refractivity contribution in [2.24, 2.45) is 16.3 Å². The second-order valence-electron chi connectivity index (χ2n) is 7.91. The third-order valence-corrected chi connectivity index (χ3v) is 6.50. The summed E-state index contributed by atoms with van der Waals surface area (Å²) in [4.78, 5) is 34.8. The van der Waals surface area contributed by atoms with Gasteiger partial charge in [-0.1, -0.05) is 20.8 Å². The minimum atomic E-state index is -0.557. The van der Waals surface area contributed by atoms with Crippen LogP contribution in [0.4, 0.5) is 5.00 Å². The molecule has 1 aliphatic carbocycles. The van der Waals surface area contributed by atoms with Crippen LogP contribution >= 0.6 is 23.6 Å². The number of hydrogen-bond donors (Lipinski definition) is 3. The maximum atomic E-state index is 12.4. The minimum Gasteiger partial charge on any atom is -0.494 e. The van der Waals surface area contributed by atoms with Crippen molar-refractivity contribution in [2.75, 3.05) is 7.11 Å². The highest BCUT2D eigenvalue weighted by Gasteiger charge is 2.34. The molecule has 0 aliphatic heterocycles. The number of aromatic amines is 2. The fraction of sp³-hybridized carbons (Fsp3) is 0.474. The summed E-state index contributed by atoms with van der Waals surface area (Å²) in [5.74, 6) is -0.294. The van der Waals surface area contributed by atoms with Crippen LogP contribution in [0.3, 0.4) is 0 Å². The first-order valence-corrected chi connectivity index (χ1v) is 10.2. The lowest BCUT2D eigenvalue weighted by Crippen LogP contribution is -2.26. The Balaban J connectivity index is 2.05. The number of aromatic nitrogens is 2. The highest BCUT2D eigenvalue weighted by molar-refractivity contribution is 7.71. The van der Waals surface area contributed by atoms with Gasteiger partial charge in [0.15, 0.2) is 4.77 Å². The predicted octanol–water partition coefficient (Wildman–Crippen LogP) is 3.89. The fourth-order valence-electron chi connectivity index (χ4n) is 3.44. The molecule has 150 valence electrons. The number of rotatable bonds is 3. The van der Waals surface area contributed by atoms with Gasteiger partial charge < -0.3 is 14.8 Å². The van der Waals surface area contributed by atoms with Gasteiger partial charge in [-0.05, 0) is 48.4 Å². The number of fused-ring (bicyclic) bond motifs is 1. The lowest BCUT2D eigenvalue weighted by molar-refractivity contribution is 0.0600. The second kappa shape index (κ2) is 7.63. The van der Waals surface area contributed by atoms with Crippen LogP contribution in [0.5, 0.6) is 5.88 Å². The monoisotopic (exact) mass is 421 g/mol. The molecule has 0 saturated carbocycles. The molecule has 9 heteroatoms. The van der Waals surface area contributed by atoms with E-state index in [-0.39, 0.29) is 21.6 Å². The Kier molecular flexibility index (Phi) is 5.58. The molecule has 28 heavy (non-hydrogen) atoms. The normalized spacial score (nSPS) is 16.9. The molecule has 1 aliphatic rings. The average Bonchev–Trinajstić information content (AvgIpc) is 2.96. The van der Waals surface area contributed by atoms with Crippen LogP contribution in [0.1, 0.15) is 53.6 Å². The molecule has 0 spiro atoms. The summed E-state index contributed by atoms with van der Waals surface area (Å²) in [5, 5.41) is 10.4. The molecule has 2 aromatic heterocycles. The van der Waals surface area contributed by atoms with Crippen molar-refractivity contribution in [3.8, 4) is 5.88 Å². The van der Waals surface area contributed by atoms with E-state index in [9.17, 15) is 14.7 Å². The van der Waals surface area contributed by atoms with Crippen LogP contribution in [-0.2, 0) is 17.6 Å². The number of carbonyl (C=O) groups excluding carboxylic acids is 1. The molecule has 0 amide bonds. The number of carbonyl (C=O) groups is 1. The van der Waals surface area contributed by atoms with Gasteiger partial charge in [-0.15, -0.1) is 11.3 Å². The number of hydrogen-bond acceptors (Lipinski definition) is 7. The molecule has 0 radical (unpaired) electrons. The maximum absolute atomic E-state index is 12.4. The van der Waals surface area contributed by atoms with Gasteiger partial charge in [-0.2, -0.15) is 0 Å². The Morgan fingerprint density at radius 3 is 2.71 bits per heavy atom. The van der Waals surface area contributed by atoms with E-state index in [1.54, 1.807) is 0 Å². The number of methoxy groups -OCH3 is 1. The largest absolute Gasteiger partial charge is 0.494 e. The van der Waals surface area contributed by atoms with E-state index in [0.717, 1.165) is 29.7 Å². The van der Waals surface area contributed by atoms with Crippen molar-refractivity contribution < 1.29 is 14.6 Å². The summed E-state index contributed by atoms with van der Waals surface area (Å²) in [6.45, 7) is 6.68. The van der Waals surface area contributed by atoms with Crippen LogP contribution in [0.2, 0.25) is 0 Å². The first-order chi connectivity index (χ1) is 13.1. The van der Waals surface area contributed by atoms with E-state index in [2.05, 4.69) is 35.7 Å². The zero-order chi connectivity index (χ0) is 20.6. The Labute approximate surface area is 171 Å². The second-order valence-corrected chi connectivity index (χ2v) is 9.40. The number of ether oxygens (including phenoxy) is 1. The summed E-state index contributed by atoms with van der Waals surface area (Å²) >= 11 is 6.26. The van der Waals surface area contributed by atoms with Crippen molar-refractivity contribution in [3.05, 3.63) is 36.7 Å². The third kappa shape index (κ3) is 3.95. The van der Waals surface area contributed by atoms with E-state index in [4.69, 9.17) is 17.0 Å². The molecule has 3 rings (SSSR count). The fourth-order valence-corrected chi connectivity index (χ4v) is 4.89. The van der Waals surface area contributed by atoms with Gasteiger partial charge in [0.05, 0.1) is 12.7 Å². The number of nitrogens with one attached hydrogen (secondary N) is 2. The number of aliphatic imine (C=N–C) groups is 1. The Morgan fingerprint density at radius 1 is 1.39 bits per heavy atom. The van der Waals surface area contributed by atoms with Gasteiger partial charge in [0.2, 0.25) is 5.88 Å². The summed E-state index contributed by atoms with van der Waals surface area (Å²) < 4.78 is 4.99. The average molecular weight is 422 g/mol. The lowest BCUT2D eigenvalue weighted by Gasteiger charge is -2.33. The van der Waals surface area contributed by atoms with Crippen LogP contribution < -0.4 is 5.56 Å². The standard InChI is InChI=1S/C19H23N3O4S2/c1-19(2,3)9-5-6-10-12(7-9)28-16(13(10)17(25)26-4)20-8-11-14(23)21-18(27)22-15(11)24/h8-9H,5-7H2,1-4H3,(H3,21,22,23,24,27)/t9-/m1/s1. The minimum absolute atomic E-state index is 0.0229. The smallest absolute Gasteiger partial charge is 0.341 e. The summed E-state index contributed by atoms with van der Waals surface area (Å²) in [6.07, 6.45) is 3.91. The van der Waals surface area contributed by atoms with Crippen LogP contribution in [0.25, 0.3) is 0 Å². The molecular formula is C19H23N3O4S2. The molecule has 0 aromatic carbocycles. The molecular weight excluding hydrogens is 398 g/mol. The third-order valence-electron chi connectivity index (χ3n) is 5.13. The molecule has 0 saturated heterocycles. The Morgan fingerprint density at radius 2 is 2.11 bits per heavy atom. The Bertz CT molecular complexity index is 1060. The molecule has 0 fully saturated rings. The molecule has 2 aromatic rings. The number of esters is 1. The van der Waals surface area contributed by atoms with Crippen LogP contribution in [0.15, 0.2) is 9.79 Å². The van der Waals surface area contributed by atoms with Gasteiger partial charge in [0.1, 0.15) is 10.6 Å². The van der Waals surface area contributed by atoms with E-state index in [1.807, 2.05) is 0 Å². The van der Waals surface area contributed by atoms with Crippen molar-refractivity contribution in [2.45, 2.75) is 40.0 Å². The van der Waals surface area contributed by atoms with E-state index in [0.29, 0.717) is 16.5 Å². The van der Waals surface area contributed by atoms with Gasteiger partial charge in [0.25, 0.3) is 5.56 Å². The van der Waals surface area contributed by atoms with Crippen molar-refractivity contribution in [1.82, 2.24) is 9.97 Å². The number of H-pyrrole nitrogens is 2. The first-order valence-electron chi connectivity index (χ1n) is 8.94. The SMILES string of the molecule is COC(=O)c1c(N=Cc2c(O)[nH]c(=S)[nH]c2=O)sc2c1CC[C@@H](C(C)(C)C)C2. The predicted molar refractivity (Wildman–Crippen MR) is 112 cm³/mol. The van der Waals surface area contributed by atoms with Gasteiger partial charge in [-0.3, -0.25) is 9.78 Å².